The van der Waals surface area contributed by atoms with Gasteiger partial charge in [-0.25, -0.2) is 9.97 Å². The van der Waals surface area contributed by atoms with E-state index in [2.05, 4.69) is 19.9 Å². The minimum Gasteiger partial charge on any atom is -0.391 e. The van der Waals surface area contributed by atoms with Crippen LogP contribution in [0, 0.1) is 5.92 Å². The third kappa shape index (κ3) is 2.83. The fourth-order valence-corrected chi connectivity index (χ4v) is 3.71. The van der Waals surface area contributed by atoms with Crippen LogP contribution in [0.4, 0.5) is 0 Å². The average molecular weight is 362 g/mol. The van der Waals surface area contributed by atoms with E-state index < -0.39 is 6.10 Å². The summed E-state index contributed by atoms with van der Waals surface area (Å²) in [5.41, 5.74) is 3.91. The fraction of sp³-hybridized carbons (Fsp3) is 0.263. The zero-order valence-corrected chi connectivity index (χ0v) is 14.5. The molecule has 136 valence electrons. The van der Waals surface area contributed by atoms with Gasteiger partial charge in [0.2, 0.25) is 0 Å². The van der Waals surface area contributed by atoms with Gasteiger partial charge in [-0.2, -0.15) is 0 Å². The Morgan fingerprint density at radius 2 is 2.19 bits per heavy atom. The van der Waals surface area contributed by atoms with Gasteiger partial charge in [0.15, 0.2) is 5.65 Å². The van der Waals surface area contributed by atoms with Gasteiger partial charge < -0.3 is 19.4 Å². The van der Waals surface area contributed by atoms with Crippen molar-refractivity contribution in [1.29, 1.82) is 0 Å². The van der Waals surface area contributed by atoms with Crippen LogP contribution in [0.15, 0.2) is 49.3 Å². The lowest BCUT2D eigenvalue weighted by molar-refractivity contribution is 0.0765. The highest BCUT2D eigenvalue weighted by molar-refractivity contribution is 5.97. The largest absolute Gasteiger partial charge is 0.391 e. The molecule has 8 heteroatoms. The van der Waals surface area contributed by atoms with Gasteiger partial charge >= 0.3 is 0 Å². The molecule has 1 aromatic carbocycles. The molecule has 1 saturated heterocycles. The third-order valence-corrected chi connectivity index (χ3v) is 5.16. The topological polar surface area (TPSA) is 99.4 Å². The second-order valence-electron chi connectivity index (χ2n) is 6.95. The van der Waals surface area contributed by atoms with Crippen LogP contribution in [-0.4, -0.2) is 59.4 Å². The molecule has 0 radical (unpaired) electrons. The molecule has 1 aliphatic heterocycles. The van der Waals surface area contributed by atoms with Crippen molar-refractivity contribution < 1.29 is 9.90 Å². The number of fused-ring (bicyclic) bond motifs is 2. The second kappa shape index (κ2) is 6.17. The van der Waals surface area contributed by atoms with Crippen LogP contribution >= 0.6 is 0 Å². The van der Waals surface area contributed by atoms with Crippen molar-refractivity contribution in [2.45, 2.75) is 12.5 Å². The van der Waals surface area contributed by atoms with E-state index >= 15 is 0 Å². The number of aromatic nitrogens is 5. The highest BCUT2D eigenvalue weighted by atomic mass is 16.3. The van der Waals surface area contributed by atoms with Crippen molar-refractivity contribution in [3.8, 4) is 0 Å². The molecule has 2 N–H and O–H groups in total. The summed E-state index contributed by atoms with van der Waals surface area (Å²) in [5, 5.41) is 10.5. The number of carbonyl (C=O) groups excluding carboxylic acids is 1. The van der Waals surface area contributed by atoms with Gasteiger partial charge in [-0.1, -0.05) is 0 Å². The molecular formula is C19H18N6O2. The summed E-state index contributed by atoms with van der Waals surface area (Å²) in [6.45, 7) is 0.836. The Labute approximate surface area is 154 Å². The Morgan fingerprint density at radius 1 is 1.26 bits per heavy atom. The van der Waals surface area contributed by atoms with Gasteiger partial charge in [0.05, 0.1) is 35.4 Å². The molecule has 3 aromatic heterocycles. The van der Waals surface area contributed by atoms with Crippen LogP contribution in [0.25, 0.3) is 16.7 Å². The van der Waals surface area contributed by atoms with Crippen molar-refractivity contribution in [3.63, 3.8) is 0 Å². The fourth-order valence-electron chi connectivity index (χ4n) is 3.71. The summed E-state index contributed by atoms with van der Waals surface area (Å²) in [6, 6.07) is 5.41. The molecule has 2 atom stereocenters. The molecule has 1 fully saturated rings. The van der Waals surface area contributed by atoms with E-state index in [1.165, 1.54) is 0 Å². The maximum atomic E-state index is 12.8. The second-order valence-corrected chi connectivity index (χ2v) is 6.95. The number of benzene rings is 1. The lowest BCUT2D eigenvalue weighted by Gasteiger charge is -2.16. The predicted octanol–water partition coefficient (Wildman–Crippen LogP) is 1.28. The van der Waals surface area contributed by atoms with Crippen LogP contribution in [0.5, 0.6) is 0 Å². The molecule has 0 spiro atoms. The highest BCUT2D eigenvalue weighted by Crippen LogP contribution is 2.23. The van der Waals surface area contributed by atoms with Gasteiger partial charge in [0.25, 0.3) is 5.91 Å². The van der Waals surface area contributed by atoms with Crippen molar-refractivity contribution in [1.82, 2.24) is 29.2 Å². The van der Waals surface area contributed by atoms with Gasteiger partial charge in [-0.15, -0.1) is 0 Å². The van der Waals surface area contributed by atoms with Crippen molar-refractivity contribution >= 4 is 22.6 Å². The van der Waals surface area contributed by atoms with E-state index in [4.69, 9.17) is 0 Å². The number of aliphatic hydroxyl groups excluding tert-OH is 1. The van der Waals surface area contributed by atoms with Crippen molar-refractivity contribution in [2.75, 3.05) is 13.1 Å². The Bertz CT molecular complexity index is 1130. The first-order valence-corrected chi connectivity index (χ1v) is 8.85. The standard InChI is InChI=1S/C19H18N6O2/c26-17-10-25(19(27)12-1-2-15-16(6-12)23-11-22-15)8-13(17)5-14-9-24-4-3-20-18(24)7-21-14/h1-4,6-7,9,11,13,17,26H,5,8,10H2,(H,22,23)/t13-,17+/m0/s1. The number of imidazole rings is 2. The summed E-state index contributed by atoms with van der Waals surface area (Å²) in [4.78, 5) is 30.4. The van der Waals surface area contributed by atoms with E-state index in [1.807, 2.05) is 22.9 Å². The SMILES string of the molecule is O=C(c1ccc2nc[nH]c2c1)N1C[C@H](Cc2cn3ccnc3cn2)[C@H](O)C1. The zero-order valence-electron chi connectivity index (χ0n) is 14.5. The third-order valence-electron chi connectivity index (χ3n) is 5.16. The quantitative estimate of drug-likeness (QED) is 0.572. The Hall–Kier alpha value is -3.26. The molecular weight excluding hydrogens is 344 g/mol. The molecule has 0 aliphatic carbocycles. The van der Waals surface area contributed by atoms with E-state index in [0.29, 0.717) is 25.1 Å². The Kier molecular flexibility index (Phi) is 3.64. The number of aromatic amines is 1. The molecule has 0 saturated carbocycles. The van der Waals surface area contributed by atoms with Crippen molar-refractivity contribution in [3.05, 3.63) is 60.6 Å². The van der Waals surface area contributed by atoms with Crippen molar-refractivity contribution in [2.24, 2.45) is 5.92 Å². The number of hydrogen-bond acceptors (Lipinski definition) is 5. The summed E-state index contributed by atoms with van der Waals surface area (Å²) in [5.74, 6) is -0.121. The average Bonchev–Trinajstić information content (AvgIpc) is 3.40. The first-order chi connectivity index (χ1) is 13.2. The van der Waals surface area contributed by atoms with Crippen LogP contribution < -0.4 is 0 Å². The number of rotatable bonds is 3. The summed E-state index contributed by atoms with van der Waals surface area (Å²) >= 11 is 0. The van der Waals surface area contributed by atoms with E-state index in [1.54, 1.807) is 35.8 Å². The summed E-state index contributed by atoms with van der Waals surface area (Å²) < 4.78 is 1.91. The molecule has 4 aromatic rings. The molecule has 0 bridgehead atoms. The first kappa shape index (κ1) is 16.0. The maximum absolute atomic E-state index is 12.8. The Balaban J connectivity index is 1.32. The number of nitrogens with one attached hydrogen (secondary N) is 1. The number of aliphatic hydroxyl groups is 1. The van der Waals surface area contributed by atoms with Crippen LogP contribution in [0.2, 0.25) is 0 Å². The number of β-amino-alcohol motifs (C(OH)–C–C–N with tert-alkyl or cyclic N) is 1. The van der Waals surface area contributed by atoms with Gasteiger partial charge in [0, 0.05) is 43.2 Å². The van der Waals surface area contributed by atoms with Gasteiger partial charge in [-0.3, -0.25) is 9.78 Å². The monoisotopic (exact) mass is 362 g/mol. The van der Waals surface area contributed by atoms with Crippen LogP contribution in [-0.2, 0) is 6.42 Å². The molecule has 0 unspecified atom stereocenters. The first-order valence-electron chi connectivity index (χ1n) is 8.85. The minimum atomic E-state index is -0.565. The number of H-pyrrole nitrogens is 1. The van der Waals surface area contributed by atoms with E-state index in [0.717, 1.165) is 22.4 Å². The van der Waals surface area contributed by atoms with Crippen LogP contribution in [0.1, 0.15) is 16.1 Å². The van der Waals surface area contributed by atoms with Crippen LogP contribution in [0.3, 0.4) is 0 Å². The minimum absolute atomic E-state index is 0.0432. The zero-order chi connectivity index (χ0) is 18.4. The van der Waals surface area contributed by atoms with Gasteiger partial charge in [0.1, 0.15) is 0 Å². The lowest BCUT2D eigenvalue weighted by atomic mass is 10.0. The highest BCUT2D eigenvalue weighted by Gasteiger charge is 2.34. The van der Waals surface area contributed by atoms with E-state index in [9.17, 15) is 9.90 Å². The molecule has 5 rings (SSSR count). The summed E-state index contributed by atoms with van der Waals surface area (Å²) in [6.07, 6.45) is 8.89. The molecule has 1 amide bonds. The molecule has 1 aliphatic rings. The maximum Gasteiger partial charge on any atom is 0.254 e. The lowest BCUT2D eigenvalue weighted by Crippen LogP contribution is -2.29. The number of nitrogens with zero attached hydrogens (tertiary/aromatic N) is 5. The molecule has 27 heavy (non-hydrogen) atoms. The predicted molar refractivity (Wildman–Crippen MR) is 98.2 cm³/mol. The summed E-state index contributed by atoms with van der Waals surface area (Å²) in [7, 11) is 0. The molecule has 4 heterocycles. The van der Waals surface area contributed by atoms with Gasteiger partial charge in [-0.05, 0) is 24.6 Å². The molecule has 8 nitrogen and oxygen atoms in total. The number of hydrogen-bond donors (Lipinski definition) is 2. The Morgan fingerprint density at radius 3 is 3.11 bits per heavy atom. The smallest absolute Gasteiger partial charge is 0.254 e. The number of amides is 1. The van der Waals surface area contributed by atoms with E-state index in [-0.39, 0.29) is 11.8 Å². The number of carbonyl (C=O) groups is 1. The normalized spacial score (nSPS) is 20.0. The number of likely N-dealkylation sites (tertiary alicyclic amines) is 1.